The van der Waals surface area contributed by atoms with Gasteiger partial charge < -0.3 is 10.2 Å². The van der Waals surface area contributed by atoms with Crippen LogP contribution in [0.15, 0.2) is 24.5 Å². The number of rotatable bonds is 4. The van der Waals surface area contributed by atoms with Crippen molar-refractivity contribution in [2.24, 2.45) is 11.8 Å². The molecule has 0 spiro atoms. The van der Waals surface area contributed by atoms with Crippen molar-refractivity contribution < 1.29 is 9.59 Å². The van der Waals surface area contributed by atoms with Gasteiger partial charge in [-0.3, -0.25) is 14.6 Å². The molecule has 0 bridgehead atoms. The molecule has 0 aromatic carbocycles. The number of pyridine rings is 1. The topological polar surface area (TPSA) is 62.3 Å². The van der Waals surface area contributed by atoms with E-state index in [1.54, 1.807) is 24.5 Å². The predicted octanol–water partition coefficient (Wildman–Crippen LogP) is 2.63. The molecule has 2 amide bonds. The van der Waals surface area contributed by atoms with Gasteiger partial charge in [0.05, 0.1) is 5.56 Å². The van der Waals surface area contributed by atoms with Crippen molar-refractivity contribution in [1.82, 2.24) is 15.2 Å². The molecule has 1 saturated heterocycles. The van der Waals surface area contributed by atoms with Gasteiger partial charge in [0.1, 0.15) is 0 Å². The second-order valence-electron chi connectivity index (χ2n) is 7.06. The highest BCUT2D eigenvalue weighted by Gasteiger charge is 2.29. The summed E-state index contributed by atoms with van der Waals surface area (Å²) in [5, 5.41) is 2.99. The van der Waals surface area contributed by atoms with E-state index >= 15 is 0 Å². The third-order valence-electron chi connectivity index (χ3n) is 5.36. The third kappa shape index (κ3) is 4.34. The van der Waals surface area contributed by atoms with Crippen molar-refractivity contribution in [2.45, 2.75) is 44.9 Å². The van der Waals surface area contributed by atoms with Crippen molar-refractivity contribution in [2.75, 3.05) is 19.6 Å². The van der Waals surface area contributed by atoms with Crippen LogP contribution in [0.5, 0.6) is 0 Å². The van der Waals surface area contributed by atoms with Crippen molar-refractivity contribution in [3.05, 3.63) is 30.1 Å². The first-order valence-electron chi connectivity index (χ1n) is 9.21. The molecule has 1 N–H and O–H groups in total. The fourth-order valence-electron chi connectivity index (χ4n) is 3.80. The molecule has 2 fully saturated rings. The Balaban J connectivity index is 1.40. The van der Waals surface area contributed by atoms with E-state index in [9.17, 15) is 9.59 Å². The van der Waals surface area contributed by atoms with E-state index in [1.807, 2.05) is 0 Å². The Morgan fingerprint density at radius 2 is 1.88 bits per heavy atom. The van der Waals surface area contributed by atoms with Crippen LogP contribution in [0.1, 0.15) is 55.3 Å². The molecule has 2 heterocycles. The molecule has 2 aliphatic rings. The zero-order valence-electron chi connectivity index (χ0n) is 14.2. The number of likely N-dealkylation sites (tertiary alicyclic amines) is 1. The maximum atomic E-state index is 12.6. The van der Waals surface area contributed by atoms with Gasteiger partial charge >= 0.3 is 0 Å². The second kappa shape index (κ2) is 8.27. The summed E-state index contributed by atoms with van der Waals surface area (Å²) in [6.45, 7) is 2.35. The van der Waals surface area contributed by atoms with Gasteiger partial charge in [0.15, 0.2) is 0 Å². The van der Waals surface area contributed by atoms with Crippen LogP contribution in [0.4, 0.5) is 0 Å². The summed E-state index contributed by atoms with van der Waals surface area (Å²) < 4.78 is 0. The van der Waals surface area contributed by atoms with Crippen molar-refractivity contribution >= 4 is 11.8 Å². The molecule has 1 aromatic rings. The van der Waals surface area contributed by atoms with Crippen molar-refractivity contribution in [3.63, 3.8) is 0 Å². The highest BCUT2D eigenvalue weighted by molar-refractivity contribution is 5.93. The Kier molecular flexibility index (Phi) is 5.83. The van der Waals surface area contributed by atoms with Crippen LogP contribution in [-0.2, 0) is 4.79 Å². The standard InChI is InChI=1S/C19H27N3O2/c23-18(17-7-4-10-20-14-17)21-13-15-8-11-22(12-9-15)19(24)16-5-2-1-3-6-16/h4,7,10,14-16H,1-3,5-6,8-9,11-13H2,(H,21,23). The lowest BCUT2D eigenvalue weighted by atomic mass is 9.87. The molecular weight excluding hydrogens is 302 g/mol. The van der Waals surface area contributed by atoms with Crippen LogP contribution in [0.25, 0.3) is 0 Å². The minimum atomic E-state index is -0.0659. The van der Waals surface area contributed by atoms with Crippen LogP contribution in [0.2, 0.25) is 0 Å². The highest BCUT2D eigenvalue weighted by atomic mass is 16.2. The summed E-state index contributed by atoms with van der Waals surface area (Å²) in [5.74, 6) is 1.03. The first-order chi connectivity index (χ1) is 11.7. The molecule has 1 aromatic heterocycles. The van der Waals surface area contributed by atoms with Gasteiger partial charge in [0.25, 0.3) is 5.91 Å². The zero-order valence-corrected chi connectivity index (χ0v) is 14.2. The van der Waals surface area contributed by atoms with Crippen molar-refractivity contribution in [1.29, 1.82) is 0 Å². The van der Waals surface area contributed by atoms with Crippen LogP contribution < -0.4 is 5.32 Å². The van der Waals surface area contributed by atoms with E-state index in [0.29, 0.717) is 23.9 Å². The predicted molar refractivity (Wildman–Crippen MR) is 92.4 cm³/mol. The first-order valence-corrected chi connectivity index (χ1v) is 9.21. The van der Waals surface area contributed by atoms with E-state index in [-0.39, 0.29) is 11.8 Å². The lowest BCUT2D eigenvalue weighted by molar-refractivity contribution is -0.138. The molecule has 1 saturated carbocycles. The van der Waals surface area contributed by atoms with Crippen molar-refractivity contribution in [3.8, 4) is 0 Å². The Morgan fingerprint density at radius 1 is 1.12 bits per heavy atom. The summed E-state index contributed by atoms with van der Waals surface area (Å²) >= 11 is 0. The third-order valence-corrected chi connectivity index (χ3v) is 5.36. The largest absolute Gasteiger partial charge is 0.352 e. The minimum absolute atomic E-state index is 0.0659. The van der Waals surface area contributed by atoms with E-state index in [0.717, 1.165) is 38.8 Å². The molecule has 0 atom stereocenters. The number of nitrogens with zero attached hydrogens (tertiary/aromatic N) is 2. The Hall–Kier alpha value is -1.91. The van der Waals surface area contributed by atoms with Crippen LogP contribution >= 0.6 is 0 Å². The second-order valence-corrected chi connectivity index (χ2v) is 7.06. The monoisotopic (exact) mass is 329 g/mol. The summed E-state index contributed by atoms with van der Waals surface area (Å²) in [4.78, 5) is 30.6. The lowest BCUT2D eigenvalue weighted by Crippen LogP contribution is -2.44. The maximum Gasteiger partial charge on any atom is 0.252 e. The molecule has 3 rings (SSSR count). The van der Waals surface area contributed by atoms with Gasteiger partial charge in [-0.15, -0.1) is 0 Å². The number of piperidine rings is 1. The Bertz CT molecular complexity index is 547. The molecule has 130 valence electrons. The van der Waals surface area contributed by atoms with Crippen LogP contribution in [-0.4, -0.2) is 41.3 Å². The van der Waals surface area contributed by atoms with Gasteiger partial charge in [-0.25, -0.2) is 0 Å². The fourth-order valence-corrected chi connectivity index (χ4v) is 3.80. The van der Waals surface area contributed by atoms with Crippen LogP contribution in [0, 0.1) is 11.8 Å². The Morgan fingerprint density at radius 3 is 2.54 bits per heavy atom. The molecule has 1 aliphatic heterocycles. The summed E-state index contributed by atoms with van der Waals surface area (Å²) in [6, 6.07) is 3.54. The number of amides is 2. The number of hydrogen-bond donors (Lipinski definition) is 1. The average Bonchev–Trinajstić information content (AvgIpc) is 2.67. The van der Waals surface area contributed by atoms with Gasteiger partial charge in [0.2, 0.25) is 5.91 Å². The summed E-state index contributed by atoms with van der Waals surface area (Å²) in [7, 11) is 0. The number of carbonyl (C=O) groups excluding carboxylic acids is 2. The molecule has 1 aliphatic carbocycles. The normalized spacial score (nSPS) is 19.9. The zero-order chi connectivity index (χ0) is 16.8. The van der Waals surface area contributed by atoms with E-state index < -0.39 is 0 Å². The van der Waals surface area contributed by atoms with Crippen LogP contribution in [0.3, 0.4) is 0 Å². The fraction of sp³-hybridized carbons (Fsp3) is 0.632. The maximum absolute atomic E-state index is 12.6. The molecule has 5 nitrogen and oxygen atoms in total. The van der Waals surface area contributed by atoms with Gasteiger partial charge in [-0.05, 0) is 43.7 Å². The summed E-state index contributed by atoms with van der Waals surface area (Å²) in [6.07, 6.45) is 11.0. The number of carbonyl (C=O) groups is 2. The lowest BCUT2D eigenvalue weighted by Gasteiger charge is -2.35. The minimum Gasteiger partial charge on any atom is -0.352 e. The quantitative estimate of drug-likeness (QED) is 0.923. The number of hydrogen-bond acceptors (Lipinski definition) is 3. The highest BCUT2D eigenvalue weighted by Crippen LogP contribution is 2.27. The Labute approximate surface area is 143 Å². The summed E-state index contributed by atoms with van der Waals surface area (Å²) in [5.41, 5.74) is 0.599. The van der Waals surface area contributed by atoms with Gasteiger partial charge in [0, 0.05) is 37.9 Å². The SMILES string of the molecule is O=C(NCC1CCN(C(=O)C2CCCCC2)CC1)c1cccnc1. The molecular formula is C19H27N3O2. The molecule has 0 radical (unpaired) electrons. The molecule has 5 heteroatoms. The van der Waals surface area contributed by atoms with Gasteiger partial charge in [-0.2, -0.15) is 0 Å². The number of aromatic nitrogens is 1. The molecule has 24 heavy (non-hydrogen) atoms. The number of nitrogens with one attached hydrogen (secondary N) is 1. The van der Waals surface area contributed by atoms with E-state index in [1.165, 1.54) is 19.3 Å². The van der Waals surface area contributed by atoms with E-state index in [4.69, 9.17) is 0 Å². The van der Waals surface area contributed by atoms with Gasteiger partial charge in [-0.1, -0.05) is 19.3 Å². The smallest absolute Gasteiger partial charge is 0.252 e. The average molecular weight is 329 g/mol. The van der Waals surface area contributed by atoms with E-state index in [2.05, 4.69) is 15.2 Å². The molecule has 0 unspecified atom stereocenters. The first kappa shape index (κ1) is 16.9.